The highest BCUT2D eigenvalue weighted by Crippen LogP contribution is 2.32. The number of aromatic nitrogens is 1. The molecule has 6 nitrogen and oxygen atoms in total. The number of hydrogen-bond donors (Lipinski definition) is 0. The van der Waals surface area contributed by atoms with E-state index in [1.54, 1.807) is 12.1 Å². The maximum absolute atomic E-state index is 12.7. The van der Waals surface area contributed by atoms with Crippen LogP contribution in [-0.4, -0.2) is 60.2 Å². The number of benzene rings is 1. The Morgan fingerprint density at radius 2 is 1.76 bits per heavy atom. The van der Waals surface area contributed by atoms with E-state index < -0.39 is 0 Å². The Hall–Kier alpha value is -2.60. The lowest BCUT2D eigenvalue weighted by Gasteiger charge is -2.34. The third-order valence-corrected chi connectivity index (χ3v) is 4.75. The second kappa shape index (κ2) is 7.11. The second-order valence-corrected chi connectivity index (χ2v) is 6.31. The lowest BCUT2D eigenvalue weighted by atomic mass is 10.1. The van der Waals surface area contributed by atoms with Crippen LogP contribution in [0.1, 0.15) is 15.9 Å². The summed E-state index contributed by atoms with van der Waals surface area (Å²) in [6, 6.07) is 9.51. The van der Waals surface area contributed by atoms with Crippen LogP contribution in [0.25, 0.3) is 0 Å². The Morgan fingerprint density at radius 3 is 2.56 bits per heavy atom. The summed E-state index contributed by atoms with van der Waals surface area (Å²) in [6.45, 7) is 4.55. The van der Waals surface area contributed by atoms with Gasteiger partial charge in [-0.1, -0.05) is 0 Å². The van der Waals surface area contributed by atoms with Gasteiger partial charge in [-0.3, -0.25) is 14.7 Å². The SMILES string of the molecule is O=C(c1ccc2c(c1)OCO2)N1CCN(CCc2ccncc2)CC1. The molecule has 1 amide bonds. The van der Waals surface area contributed by atoms with Crippen molar-refractivity contribution in [3.05, 3.63) is 53.9 Å². The largest absolute Gasteiger partial charge is 0.454 e. The number of amides is 1. The van der Waals surface area contributed by atoms with Gasteiger partial charge in [0.05, 0.1) is 0 Å². The lowest BCUT2D eigenvalue weighted by molar-refractivity contribution is 0.0638. The van der Waals surface area contributed by atoms with Crippen LogP contribution in [0.4, 0.5) is 0 Å². The number of ether oxygens (including phenoxy) is 2. The summed E-state index contributed by atoms with van der Waals surface area (Å²) >= 11 is 0. The zero-order valence-corrected chi connectivity index (χ0v) is 14.1. The van der Waals surface area contributed by atoms with E-state index in [0.29, 0.717) is 17.1 Å². The minimum absolute atomic E-state index is 0.0621. The minimum atomic E-state index is 0.0621. The topological polar surface area (TPSA) is 54.9 Å². The third kappa shape index (κ3) is 3.58. The normalized spacial score (nSPS) is 16.9. The highest BCUT2D eigenvalue weighted by atomic mass is 16.7. The molecule has 0 radical (unpaired) electrons. The molecule has 0 spiro atoms. The zero-order chi connectivity index (χ0) is 17.1. The molecule has 25 heavy (non-hydrogen) atoms. The van der Waals surface area contributed by atoms with Gasteiger partial charge >= 0.3 is 0 Å². The number of piperazine rings is 1. The van der Waals surface area contributed by atoms with E-state index in [-0.39, 0.29) is 12.7 Å². The molecule has 130 valence electrons. The van der Waals surface area contributed by atoms with Crippen LogP contribution < -0.4 is 9.47 Å². The van der Waals surface area contributed by atoms with Gasteiger partial charge in [-0.15, -0.1) is 0 Å². The highest BCUT2D eigenvalue weighted by Gasteiger charge is 2.23. The van der Waals surface area contributed by atoms with Crippen LogP contribution in [-0.2, 0) is 6.42 Å². The van der Waals surface area contributed by atoms with Crippen molar-refractivity contribution in [2.24, 2.45) is 0 Å². The van der Waals surface area contributed by atoms with Crippen molar-refractivity contribution in [3.63, 3.8) is 0 Å². The summed E-state index contributed by atoms with van der Waals surface area (Å²) < 4.78 is 10.7. The summed E-state index contributed by atoms with van der Waals surface area (Å²) in [5.74, 6) is 1.42. The van der Waals surface area contributed by atoms with Crippen LogP contribution in [0.5, 0.6) is 11.5 Å². The number of nitrogens with zero attached hydrogens (tertiary/aromatic N) is 3. The molecular formula is C19H21N3O3. The van der Waals surface area contributed by atoms with E-state index in [1.807, 2.05) is 23.4 Å². The van der Waals surface area contributed by atoms with Crippen LogP contribution in [0.3, 0.4) is 0 Å². The second-order valence-electron chi connectivity index (χ2n) is 6.31. The van der Waals surface area contributed by atoms with Crippen molar-refractivity contribution >= 4 is 5.91 Å². The quantitative estimate of drug-likeness (QED) is 0.850. The van der Waals surface area contributed by atoms with Gasteiger partial charge in [0.1, 0.15) is 0 Å². The Morgan fingerprint density at radius 1 is 1.00 bits per heavy atom. The summed E-state index contributed by atoms with van der Waals surface area (Å²) in [6.07, 6.45) is 4.67. The van der Waals surface area contributed by atoms with Crippen LogP contribution >= 0.6 is 0 Å². The van der Waals surface area contributed by atoms with Crippen molar-refractivity contribution in [2.45, 2.75) is 6.42 Å². The van der Waals surface area contributed by atoms with Gasteiger partial charge in [0.15, 0.2) is 11.5 Å². The van der Waals surface area contributed by atoms with E-state index in [1.165, 1.54) is 5.56 Å². The van der Waals surface area contributed by atoms with Crippen molar-refractivity contribution in [1.29, 1.82) is 0 Å². The number of pyridine rings is 1. The summed E-state index contributed by atoms with van der Waals surface area (Å²) in [7, 11) is 0. The zero-order valence-electron chi connectivity index (χ0n) is 14.1. The fourth-order valence-electron chi connectivity index (χ4n) is 3.22. The van der Waals surface area contributed by atoms with Crippen LogP contribution in [0.2, 0.25) is 0 Å². The fraction of sp³-hybridized carbons (Fsp3) is 0.368. The average Bonchev–Trinajstić information content (AvgIpc) is 3.15. The minimum Gasteiger partial charge on any atom is -0.454 e. The van der Waals surface area contributed by atoms with Gasteiger partial charge < -0.3 is 14.4 Å². The van der Waals surface area contributed by atoms with E-state index in [4.69, 9.17) is 9.47 Å². The number of fused-ring (bicyclic) bond motifs is 1. The molecule has 2 aliphatic rings. The Kier molecular flexibility index (Phi) is 4.52. The van der Waals surface area contributed by atoms with E-state index in [9.17, 15) is 4.79 Å². The molecule has 0 atom stereocenters. The van der Waals surface area contributed by atoms with Gasteiger partial charge in [-0.2, -0.15) is 0 Å². The molecule has 0 aliphatic carbocycles. The van der Waals surface area contributed by atoms with Gasteiger partial charge in [0, 0.05) is 50.7 Å². The molecule has 0 N–H and O–H groups in total. The summed E-state index contributed by atoms with van der Waals surface area (Å²) in [5, 5.41) is 0. The number of hydrogen-bond acceptors (Lipinski definition) is 5. The molecule has 2 aromatic rings. The Balaban J connectivity index is 1.30. The van der Waals surface area contributed by atoms with Crippen LogP contribution in [0.15, 0.2) is 42.7 Å². The van der Waals surface area contributed by atoms with Crippen molar-refractivity contribution < 1.29 is 14.3 Å². The summed E-state index contributed by atoms with van der Waals surface area (Å²) in [4.78, 5) is 21.1. The lowest BCUT2D eigenvalue weighted by Crippen LogP contribution is -2.49. The van der Waals surface area contributed by atoms with Gasteiger partial charge in [-0.05, 0) is 42.3 Å². The van der Waals surface area contributed by atoms with Gasteiger partial charge in [0.25, 0.3) is 5.91 Å². The predicted molar refractivity (Wildman–Crippen MR) is 92.8 cm³/mol. The molecule has 6 heteroatoms. The molecule has 1 fully saturated rings. The Labute approximate surface area is 147 Å². The smallest absolute Gasteiger partial charge is 0.254 e. The maximum Gasteiger partial charge on any atom is 0.254 e. The molecule has 0 unspecified atom stereocenters. The molecule has 0 bridgehead atoms. The molecular weight excluding hydrogens is 318 g/mol. The number of rotatable bonds is 4. The highest BCUT2D eigenvalue weighted by molar-refractivity contribution is 5.95. The monoisotopic (exact) mass is 339 g/mol. The van der Waals surface area contributed by atoms with Crippen molar-refractivity contribution in [2.75, 3.05) is 39.5 Å². The molecule has 2 aliphatic heterocycles. The van der Waals surface area contributed by atoms with Crippen LogP contribution in [0, 0.1) is 0 Å². The fourth-order valence-corrected chi connectivity index (χ4v) is 3.22. The average molecular weight is 339 g/mol. The van der Waals surface area contributed by atoms with Crippen molar-refractivity contribution in [3.8, 4) is 11.5 Å². The van der Waals surface area contributed by atoms with Crippen molar-refractivity contribution in [1.82, 2.24) is 14.8 Å². The molecule has 1 aromatic carbocycles. The molecule has 3 heterocycles. The third-order valence-electron chi connectivity index (χ3n) is 4.75. The molecule has 1 aromatic heterocycles. The predicted octanol–water partition coefficient (Wildman–Crippen LogP) is 1.81. The van der Waals surface area contributed by atoms with Gasteiger partial charge in [-0.25, -0.2) is 0 Å². The first kappa shape index (κ1) is 15.9. The molecule has 1 saturated heterocycles. The number of carbonyl (C=O) groups is 1. The molecule has 4 rings (SSSR count). The van der Waals surface area contributed by atoms with E-state index in [2.05, 4.69) is 22.0 Å². The Bertz CT molecular complexity index is 743. The summed E-state index contributed by atoms with van der Waals surface area (Å²) in [5.41, 5.74) is 1.96. The first-order valence-corrected chi connectivity index (χ1v) is 8.60. The standard InChI is InChI=1S/C19H21N3O3/c23-19(16-1-2-17-18(13-16)25-14-24-17)22-11-9-21(10-12-22)8-5-15-3-6-20-7-4-15/h1-4,6-7,13H,5,8-12,14H2. The van der Waals surface area contributed by atoms with E-state index in [0.717, 1.165) is 39.1 Å². The van der Waals surface area contributed by atoms with Gasteiger partial charge in [0.2, 0.25) is 6.79 Å². The molecule has 0 saturated carbocycles. The maximum atomic E-state index is 12.7. The van der Waals surface area contributed by atoms with E-state index >= 15 is 0 Å². The first-order chi connectivity index (χ1) is 12.3. The first-order valence-electron chi connectivity index (χ1n) is 8.60. The number of carbonyl (C=O) groups excluding carboxylic acids is 1.